The summed E-state index contributed by atoms with van der Waals surface area (Å²) in [5, 5.41) is 17.9. The predicted molar refractivity (Wildman–Crippen MR) is 79.2 cm³/mol. The number of nitriles is 1. The first-order chi connectivity index (χ1) is 10.5. The second-order valence-corrected chi connectivity index (χ2v) is 6.28. The Balaban J connectivity index is 2.48. The van der Waals surface area contributed by atoms with Crippen LogP contribution >= 0.6 is 0 Å². The van der Waals surface area contributed by atoms with E-state index in [1.54, 1.807) is 0 Å². The number of rotatable bonds is 5. The minimum atomic E-state index is -3.96. The Morgan fingerprint density at radius 3 is 2.41 bits per heavy atom. The van der Waals surface area contributed by atoms with Crippen molar-refractivity contribution in [3.05, 3.63) is 59.9 Å². The van der Waals surface area contributed by atoms with E-state index in [1.165, 1.54) is 42.5 Å². The van der Waals surface area contributed by atoms with Gasteiger partial charge in [0.1, 0.15) is 5.82 Å². The zero-order valence-corrected chi connectivity index (χ0v) is 12.3. The molecule has 0 aliphatic rings. The summed E-state index contributed by atoms with van der Waals surface area (Å²) in [6.07, 6.45) is 0. The van der Waals surface area contributed by atoms with Crippen LogP contribution in [0.25, 0.3) is 0 Å². The molecule has 7 heteroatoms. The van der Waals surface area contributed by atoms with Crippen molar-refractivity contribution in [2.45, 2.75) is 4.90 Å². The zero-order chi connectivity index (χ0) is 16.2. The fourth-order valence-corrected chi connectivity index (χ4v) is 3.39. The number of halogens is 1. The van der Waals surface area contributed by atoms with Gasteiger partial charge in [-0.2, -0.15) is 5.26 Å². The molecule has 0 unspecified atom stereocenters. The molecule has 0 fully saturated rings. The van der Waals surface area contributed by atoms with Gasteiger partial charge in [-0.1, -0.05) is 6.07 Å². The third kappa shape index (κ3) is 3.24. The molecule has 0 heterocycles. The number of anilines is 1. The monoisotopic (exact) mass is 320 g/mol. The quantitative estimate of drug-likeness (QED) is 0.912. The summed E-state index contributed by atoms with van der Waals surface area (Å²) in [4.78, 5) is -0.0378. The lowest BCUT2D eigenvalue weighted by molar-refractivity contribution is 0.306. The summed E-state index contributed by atoms with van der Waals surface area (Å²) in [5.74, 6) is -0.574. The van der Waals surface area contributed by atoms with Gasteiger partial charge in [0.2, 0.25) is 0 Å². The van der Waals surface area contributed by atoms with Crippen molar-refractivity contribution >= 4 is 15.7 Å². The maximum absolute atomic E-state index is 13.3. The lowest BCUT2D eigenvalue weighted by Gasteiger charge is -2.23. The lowest BCUT2D eigenvalue weighted by Crippen LogP contribution is -2.33. The number of sulfonamides is 1. The van der Waals surface area contributed by atoms with Gasteiger partial charge in [0.15, 0.2) is 0 Å². The predicted octanol–water partition coefficient (Wildman–Crippen LogP) is 1.88. The van der Waals surface area contributed by atoms with Crippen molar-refractivity contribution in [2.24, 2.45) is 0 Å². The van der Waals surface area contributed by atoms with Crippen LogP contribution in [-0.4, -0.2) is 26.7 Å². The van der Waals surface area contributed by atoms with Crippen LogP contribution in [-0.2, 0) is 10.0 Å². The minimum Gasteiger partial charge on any atom is -0.394 e. The molecule has 0 aliphatic carbocycles. The van der Waals surface area contributed by atoms with E-state index in [4.69, 9.17) is 10.4 Å². The molecule has 0 atom stereocenters. The summed E-state index contributed by atoms with van der Waals surface area (Å²) >= 11 is 0. The van der Waals surface area contributed by atoms with E-state index in [2.05, 4.69) is 0 Å². The van der Waals surface area contributed by atoms with Crippen molar-refractivity contribution < 1.29 is 17.9 Å². The molecule has 0 saturated carbocycles. The first-order valence-electron chi connectivity index (χ1n) is 6.38. The van der Waals surface area contributed by atoms with E-state index < -0.39 is 22.4 Å². The summed E-state index contributed by atoms with van der Waals surface area (Å²) < 4.78 is 39.6. The molecule has 0 aromatic heterocycles. The number of aliphatic hydroxyl groups excluding tert-OH is 1. The highest BCUT2D eigenvalue weighted by molar-refractivity contribution is 7.92. The summed E-state index contributed by atoms with van der Waals surface area (Å²) in [7, 11) is -3.96. The van der Waals surface area contributed by atoms with Gasteiger partial charge >= 0.3 is 0 Å². The van der Waals surface area contributed by atoms with Gasteiger partial charge in [-0.05, 0) is 42.5 Å². The fourth-order valence-electron chi connectivity index (χ4n) is 1.94. The van der Waals surface area contributed by atoms with Crippen molar-refractivity contribution in [1.82, 2.24) is 0 Å². The van der Waals surface area contributed by atoms with E-state index in [0.29, 0.717) is 5.56 Å². The highest BCUT2D eigenvalue weighted by Gasteiger charge is 2.24. The van der Waals surface area contributed by atoms with Crippen LogP contribution in [0.4, 0.5) is 10.1 Å². The Bertz CT molecular complexity index is 798. The van der Waals surface area contributed by atoms with E-state index >= 15 is 0 Å². The minimum absolute atomic E-state index is 0.0378. The molecule has 2 aromatic rings. The average molecular weight is 320 g/mol. The van der Waals surface area contributed by atoms with Gasteiger partial charge in [-0.3, -0.25) is 4.31 Å². The SMILES string of the molecule is N#Cc1ccc(S(=O)(=O)N(CCO)c2cccc(F)c2)cc1. The van der Waals surface area contributed by atoms with Gasteiger partial charge in [0.05, 0.1) is 35.4 Å². The molecule has 0 bridgehead atoms. The van der Waals surface area contributed by atoms with Crippen LogP contribution < -0.4 is 4.31 Å². The highest BCUT2D eigenvalue weighted by Crippen LogP contribution is 2.24. The smallest absolute Gasteiger partial charge is 0.264 e. The molecule has 2 aromatic carbocycles. The van der Waals surface area contributed by atoms with Crippen molar-refractivity contribution in [2.75, 3.05) is 17.5 Å². The number of aliphatic hydroxyl groups is 1. The van der Waals surface area contributed by atoms with Gasteiger partial charge in [0.25, 0.3) is 10.0 Å². The molecule has 1 N–H and O–H groups in total. The molecule has 0 spiro atoms. The Morgan fingerprint density at radius 2 is 1.86 bits per heavy atom. The standard InChI is InChI=1S/C15H13FN2O3S/c16-13-2-1-3-14(10-13)18(8-9-19)22(20,21)15-6-4-12(11-17)5-7-15/h1-7,10,19H,8-9H2. The van der Waals surface area contributed by atoms with E-state index in [0.717, 1.165) is 10.4 Å². The Hall–Kier alpha value is -2.43. The van der Waals surface area contributed by atoms with Crippen molar-refractivity contribution in [3.63, 3.8) is 0 Å². The molecule has 22 heavy (non-hydrogen) atoms. The summed E-state index contributed by atoms with van der Waals surface area (Å²) in [6.45, 7) is -0.613. The van der Waals surface area contributed by atoms with Gasteiger partial charge in [-0.25, -0.2) is 12.8 Å². The van der Waals surface area contributed by atoms with Crippen molar-refractivity contribution in [1.29, 1.82) is 5.26 Å². The maximum Gasteiger partial charge on any atom is 0.264 e. The Kier molecular flexibility index (Phi) is 4.75. The number of benzene rings is 2. The van der Waals surface area contributed by atoms with E-state index in [9.17, 15) is 12.8 Å². The number of hydrogen-bond donors (Lipinski definition) is 1. The largest absolute Gasteiger partial charge is 0.394 e. The van der Waals surface area contributed by atoms with Gasteiger partial charge in [-0.15, -0.1) is 0 Å². The summed E-state index contributed by atoms with van der Waals surface area (Å²) in [5.41, 5.74) is 0.455. The first-order valence-corrected chi connectivity index (χ1v) is 7.82. The molecule has 0 aliphatic heterocycles. The van der Waals surface area contributed by atoms with E-state index in [-0.39, 0.29) is 17.1 Å². The molecule has 2 rings (SSSR count). The number of nitrogens with zero attached hydrogens (tertiary/aromatic N) is 2. The van der Waals surface area contributed by atoms with Crippen LogP contribution in [0.3, 0.4) is 0 Å². The average Bonchev–Trinajstić information content (AvgIpc) is 2.52. The van der Waals surface area contributed by atoms with Crippen LogP contribution in [0.2, 0.25) is 0 Å². The topological polar surface area (TPSA) is 81.4 Å². The van der Waals surface area contributed by atoms with Gasteiger partial charge in [0, 0.05) is 0 Å². The zero-order valence-electron chi connectivity index (χ0n) is 11.5. The molecular weight excluding hydrogens is 307 g/mol. The van der Waals surface area contributed by atoms with Gasteiger partial charge < -0.3 is 5.11 Å². The molecule has 0 saturated heterocycles. The van der Waals surface area contributed by atoms with Crippen LogP contribution in [0.1, 0.15) is 5.56 Å². The third-order valence-electron chi connectivity index (χ3n) is 2.97. The Labute approximate surface area is 127 Å². The second-order valence-electron chi connectivity index (χ2n) is 4.42. The normalized spacial score (nSPS) is 11.0. The van der Waals surface area contributed by atoms with Crippen molar-refractivity contribution in [3.8, 4) is 6.07 Å². The fraction of sp³-hybridized carbons (Fsp3) is 0.133. The third-order valence-corrected chi connectivity index (χ3v) is 4.81. The molecule has 5 nitrogen and oxygen atoms in total. The maximum atomic E-state index is 13.3. The molecule has 114 valence electrons. The molecular formula is C15H13FN2O3S. The summed E-state index contributed by atoms with van der Waals surface area (Å²) in [6, 6.07) is 12.4. The lowest BCUT2D eigenvalue weighted by atomic mass is 10.2. The second kappa shape index (κ2) is 6.56. The van der Waals surface area contributed by atoms with Crippen LogP contribution in [0.15, 0.2) is 53.4 Å². The Morgan fingerprint density at radius 1 is 1.18 bits per heavy atom. The van der Waals surface area contributed by atoms with E-state index in [1.807, 2.05) is 6.07 Å². The molecule has 0 amide bonds. The first kappa shape index (κ1) is 15.9. The van der Waals surface area contributed by atoms with Crippen LogP contribution in [0.5, 0.6) is 0 Å². The highest BCUT2D eigenvalue weighted by atomic mass is 32.2. The molecule has 0 radical (unpaired) electrons. The van der Waals surface area contributed by atoms with Crippen LogP contribution in [0, 0.1) is 17.1 Å². The number of hydrogen-bond acceptors (Lipinski definition) is 4.